The monoisotopic (exact) mass is 228 g/mol. The van der Waals surface area contributed by atoms with Gasteiger partial charge in [0.25, 0.3) is 0 Å². The van der Waals surface area contributed by atoms with Crippen molar-refractivity contribution in [3.8, 4) is 0 Å². The van der Waals surface area contributed by atoms with Gasteiger partial charge in [-0.05, 0) is 19.9 Å². The van der Waals surface area contributed by atoms with Crippen LogP contribution in [0.2, 0.25) is 0 Å². The lowest BCUT2D eigenvalue weighted by Gasteiger charge is -2.33. The quantitative estimate of drug-likeness (QED) is 0.696. The number of hydrogen-bond acceptors (Lipinski definition) is 4. The predicted molar refractivity (Wildman–Crippen MR) is 63.7 cm³/mol. The lowest BCUT2D eigenvalue weighted by atomic mass is 10.2. The highest BCUT2D eigenvalue weighted by atomic mass is 16.5. The SMILES string of the molecule is COCC1CCC(CN2CCN(C)CC2)O1. The van der Waals surface area contributed by atoms with Crippen LogP contribution in [0.15, 0.2) is 0 Å². The Morgan fingerprint density at radius 1 is 1.12 bits per heavy atom. The summed E-state index contributed by atoms with van der Waals surface area (Å²) in [5.41, 5.74) is 0. The molecule has 0 aromatic heterocycles. The number of ether oxygens (including phenoxy) is 2. The van der Waals surface area contributed by atoms with Gasteiger partial charge in [-0.15, -0.1) is 0 Å². The molecule has 2 heterocycles. The first-order valence-electron chi connectivity index (χ1n) is 6.33. The summed E-state index contributed by atoms with van der Waals surface area (Å²) in [4.78, 5) is 4.92. The van der Waals surface area contributed by atoms with E-state index in [4.69, 9.17) is 9.47 Å². The largest absolute Gasteiger partial charge is 0.382 e. The summed E-state index contributed by atoms with van der Waals surface area (Å²) in [5, 5.41) is 0. The van der Waals surface area contributed by atoms with Crippen LogP contribution in [0.5, 0.6) is 0 Å². The topological polar surface area (TPSA) is 24.9 Å². The zero-order chi connectivity index (χ0) is 11.4. The second-order valence-electron chi connectivity index (χ2n) is 5.02. The molecule has 0 aliphatic carbocycles. The van der Waals surface area contributed by atoms with Gasteiger partial charge in [-0.1, -0.05) is 0 Å². The molecule has 2 rings (SSSR count). The smallest absolute Gasteiger partial charge is 0.0813 e. The van der Waals surface area contributed by atoms with Gasteiger partial charge in [0.05, 0.1) is 18.8 Å². The minimum Gasteiger partial charge on any atom is -0.382 e. The lowest BCUT2D eigenvalue weighted by molar-refractivity contribution is -0.0181. The fourth-order valence-electron chi connectivity index (χ4n) is 2.54. The third kappa shape index (κ3) is 3.42. The predicted octanol–water partition coefficient (Wildman–Crippen LogP) is 0.428. The first kappa shape index (κ1) is 12.3. The fourth-order valence-corrected chi connectivity index (χ4v) is 2.54. The average Bonchev–Trinajstić information content (AvgIpc) is 2.70. The van der Waals surface area contributed by atoms with E-state index in [1.807, 2.05) is 0 Å². The number of methoxy groups -OCH3 is 1. The van der Waals surface area contributed by atoms with E-state index in [2.05, 4.69) is 16.8 Å². The van der Waals surface area contributed by atoms with Crippen molar-refractivity contribution in [2.45, 2.75) is 25.0 Å². The standard InChI is InChI=1S/C12H24N2O2/c1-13-5-7-14(8-6-13)9-11-3-4-12(16-11)10-15-2/h11-12H,3-10H2,1-2H3. The summed E-state index contributed by atoms with van der Waals surface area (Å²) in [6.07, 6.45) is 3.12. The van der Waals surface area contributed by atoms with E-state index in [1.54, 1.807) is 7.11 Å². The molecule has 0 aromatic carbocycles. The second-order valence-corrected chi connectivity index (χ2v) is 5.02. The van der Waals surface area contributed by atoms with Gasteiger partial charge in [0.15, 0.2) is 0 Å². The van der Waals surface area contributed by atoms with Crippen molar-refractivity contribution in [2.24, 2.45) is 0 Å². The maximum atomic E-state index is 5.95. The summed E-state index contributed by atoms with van der Waals surface area (Å²) in [7, 11) is 3.94. The van der Waals surface area contributed by atoms with Gasteiger partial charge in [0.2, 0.25) is 0 Å². The Labute approximate surface area is 98.5 Å². The number of piperazine rings is 1. The molecular formula is C12H24N2O2. The number of nitrogens with zero attached hydrogens (tertiary/aromatic N) is 2. The van der Waals surface area contributed by atoms with E-state index < -0.39 is 0 Å². The first-order chi connectivity index (χ1) is 7.78. The van der Waals surface area contributed by atoms with E-state index in [0.717, 1.165) is 19.6 Å². The van der Waals surface area contributed by atoms with Crippen molar-refractivity contribution >= 4 is 0 Å². The molecule has 94 valence electrons. The zero-order valence-electron chi connectivity index (χ0n) is 10.5. The highest BCUT2D eigenvalue weighted by Crippen LogP contribution is 2.21. The molecule has 2 fully saturated rings. The second kappa shape index (κ2) is 5.96. The molecule has 2 aliphatic heterocycles. The number of rotatable bonds is 4. The van der Waals surface area contributed by atoms with Crippen LogP contribution in [0.3, 0.4) is 0 Å². The van der Waals surface area contributed by atoms with Gasteiger partial charge >= 0.3 is 0 Å². The molecule has 4 nitrogen and oxygen atoms in total. The minimum absolute atomic E-state index is 0.336. The lowest BCUT2D eigenvalue weighted by Crippen LogP contribution is -2.47. The van der Waals surface area contributed by atoms with E-state index in [0.29, 0.717) is 12.2 Å². The molecule has 0 aromatic rings. The van der Waals surface area contributed by atoms with Gasteiger partial charge < -0.3 is 14.4 Å². The third-order valence-corrected chi connectivity index (χ3v) is 3.61. The van der Waals surface area contributed by atoms with Gasteiger partial charge in [0, 0.05) is 39.8 Å². The molecule has 4 heteroatoms. The molecule has 2 saturated heterocycles. The number of hydrogen-bond donors (Lipinski definition) is 0. The van der Waals surface area contributed by atoms with E-state index in [1.165, 1.54) is 32.6 Å². The Bertz CT molecular complexity index is 205. The van der Waals surface area contributed by atoms with Gasteiger partial charge in [-0.2, -0.15) is 0 Å². The van der Waals surface area contributed by atoms with Crippen LogP contribution in [0.25, 0.3) is 0 Å². The summed E-state index contributed by atoms with van der Waals surface area (Å²) in [6, 6.07) is 0. The molecule has 2 atom stereocenters. The molecule has 2 aliphatic rings. The van der Waals surface area contributed by atoms with Crippen LogP contribution < -0.4 is 0 Å². The highest BCUT2D eigenvalue weighted by molar-refractivity contribution is 4.78. The molecule has 0 radical (unpaired) electrons. The molecule has 0 amide bonds. The van der Waals surface area contributed by atoms with Crippen LogP contribution in [0.4, 0.5) is 0 Å². The maximum Gasteiger partial charge on any atom is 0.0813 e. The Morgan fingerprint density at radius 2 is 1.81 bits per heavy atom. The van der Waals surface area contributed by atoms with Crippen LogP contribution in [0, 0.1) is 0 Å². The first-order valence-corrected chi connectivity index (χ1v) is 6.33. The fraction of sp³-hybridized carbons (Fsp3) is 1.00. The van der Waals surface area contributed by atoms with E-state index in [9.17, 15) is 0 Å². The van der Waals surface area contributed by atoms with Crippen molar-refractivity contribution in [3.05, 3.63) is 0 Å². The summed E-state index contributed by atoms with van der Waals surface area (Å²) >= 11 is 0. The molecule has 0 bridgehead atoms. The van der Waals surface area contributed by atoms with Crippen LogP contribution in [0.1, 0.15) is 12.8 Å². The van der Waals surface area contributed by atoms with Crippen molar-refractivity contribution in [1.29, 1.82) is 0 Å². The van der Waals surface area contributed by atoms with Crippen molar-refractivity contribution < 1.29 is 9.47 Å². The Balaban J connectivity index is 1.67. The maximum absolute atomic E-state index is 5.95. The van der Waals surface area contributed by atoms with E-state index in [-0.39, 0.29) is 0 Å². The average molecular weight is 228 g/mol. The summed E-state index contributed by atoms with van der Waals surface area (Å²) < 4.78 is 11.1. The molecule has 0 saturated carbocycles. The Hall–Kier alpha value is -0.160. The van der Waals surface area contributed by atoms with Gasteiger partial charge in [0.1, 0.15) is 0 Å². The van der Waals surface area contributed by atoms with Crippen LogP contribution in [-0.2, 0) is 9.47 Å². The Kier molecular flexibility index (Phi) is 4.58. The normalized spacial score (nSPS) is 33.4. The van der Waals surface area contributed by atoms with Gasteiger partial charge in [-0.25, -0.2) is 0 Å². The number of likely N-dealkylation sites (N-methyl/N-ethyl adjacent to an activating group) is 1. The van der Waals surface area contributed by atoms with Crippen LogP contribution in [-0.4, -0.2) is 75.5 Å². The Morgan fingerprint density at radius 3 is 2.50 bits per heavy atom. The molecule has 0 N–H and O–H groups in total. The molecule has 0 spiro atoms. The molecule has 2 unspecified atom stereocenters. The van der Waals surface area contributed by atoms with Crippen molar-refractivity contribution in [1.82, 2.24) is 9.80 Å². The summed E-state index contributed by atoms with van der Waals surface area (Å²) in [5.74, 6) is 0. The zero-order valence-corrected chi connectivity index (χ0v) is 10.5. The molecular weight excluding hydrogens is 204 g/mol. The van der Waals surface area contributed by atoms with E-state index >= 15 is 0 Å². The third-order valence-electron chi connectivity index (χ3n) is 3.61. The van der Waals surface area contributed by atoms with Crippen LogP contribution >= 0.6 is 0 Å². The highest BCUT2D eigenvalue weighted by Gasteiger charge is 2.27. The van der Waals surface area contributed by atoms with Gasteiger partial charge in [-0.3, -0.25) is 4.90 Å². The van der Waals surface area contributed by atoms with Crippen molar-refractivity contribution in [2.75, 3.05) is 53.5 Å². The molecule has 16 heavy (non-hydrogen) atoms. The van der Waals surface area contributed by atoms with Crippen molar-refractivity contribution in [3.63, 3.8) is 0 Å². The summed E-state index contributed by atoms with van der Waals surface area (Å²) in [6.45, 7) is 6.60. The minimum atomic E-state index is 0.336.